The van der Waals surface area contributed by atoms with E-state index in [4.69, 9.17) is 11.6 Å². The van der Waals surface area contributed by atoms with Gasteiger partial charge in [0.25, 0.3) is 11.1 Å². The molecule has 1 aromatic carbocycles. The molecule has 0 radical (unpaired) electrons. The number of aromatic amines is 2. The fourth-order valence-corrected chi connectivity index (χ4v) is 3.79. The molecule has 148 valence electrons. The van der Waals surface area contributed by atoms with Crippen LogP contribution in [0.5, 0.6) is 0 Å². The van der Waals surface area contributed by atoms with Crippen LogP contribution >= 0.6 is 11.6 Å². The molecule has 0 amide bonds. The van der Waals surface area contributed by atoms with Crippen LogP contribution in [0.1, 0.15) is 37.8 Å². The van der Waals surface area contributed by atoms with Gasteiger partial charge in [-0.1, -0.05) is 31.4 Å². The third-order valence-electron chi connectivity index (χ3n) is 5.08. The predicted octanol–water partition coefficient (Wildman–Crippen LogP) is 3.36. The van der Waals surface area contributed by atoms with Crippen molar-refractivity contribution in [3.05, 3.63) is 84.2 Å². The van der Waals surface area contributed by atoms with E-state index < -0.39 is 22.6 Å². The van der Waals surface area contributed by atoms with Crippen LogP contribution in [0.2, 0.25) is 5.02 Å². The average Bonchev–Trinajstić information content (AvgIpc) is 2.72. The molecule has 8 heteroatoms. The van der Waals surface area contributed by atoms with Crippen molar-refractivity contribution in [1.29, 1.82) is 0 Å². The van der Waals surface area contributed by atoms with Crippen LogP contribution < -0.4 is 16.5 Å². The number of benzene rings is 1. The Morgan fingerprint density at radius 2 is 1.90 bits per heavy atom. The first-order chi connectivity index (χ1) is 14.0. The number of unbranched alkanes of at least 4 members (excludes halogenated alkanes) is 1. The number of H-pyrrole nitrogens is 2. The van der Waals surface area contributed by atoms with Crippen LogP contribution in [0.15, 0.2) is 57.1 Å². The van der Waals surface area contributed by atoms with Crippen LogP contribution in [-0.2, 0) is 0 Å². The number of nitrogens with zero attached hydrogens (tertiary/aromatic N) is 2. The Labute approximate surface area is 170 Å². The molecule has 0 spiro atoms. The minimum absolute atomic E-state index is 0.0463. The second-order valence-corrected chi connectivity index (χ2v) is 7.39. The van der Waals surface area contributed by atoms with Crippen molar-refractivity contribution >= 4 is 33.4 Å². The van der Waals surface area contributed by atoms with Crippen molar-refractivity contribution in [2.24, 2.45) is 0 Å². The van der Waals surface area contributed by atoms with Gasteiger partial charge in [0.15, 0.2) is 0 Å². The normalized spacial score (nSPS) is 12.5. The molecule has 2 N–H and O–H groups in total. The molecule has 7 nitrogen and oxygen atoms in total. The largest absolute Gasteiger partial charge is 0.350 e. The molecule has 0 fully saturated rings. The second kappa shape index (κ2) is 7.67. The zero-order chi connectivity index (χ0) is 20.5. The van der Waals surface area contributed by atoms with E-state index in [2.05, 4.69) is 22.0 Å². The smallest absolute Gasteiger partial charge is 0.287 e. The van der Waals surface area contributed by atoms with Gasteiger partial charge in [-0.15, -0.1) is 0 Å². The Kier molecular flexibility index (Phi) is 5.07. The molecule has 0 bridgehead atoms. The number of rotatable bonds is 5. The maximum atomic E-state index is 13.3. The first-order valence-electron chi connectivity index (χ1n) is 9.41. The van der Waals surface area contributed by atoms with E-state index in [1.54, 1.807) is 30.6 Å². The molecule has 3 heterocycles. The molecule has 0 aliphatic carbocycles. The monoisotopic (exact) mass is 410 g/mol. The third-order valence-corrected chi connectivity index (χ3v) is 5.31. The van der Waals surface area contributed by atoms with Crippen molar-refractivity contribution < 1.29 is 0 Å². The Morgan fingerprint density at radius 1 is 1.14 bits per heavy atom. The first-order valence-corrected chi connectivity index (χ1v) is 9.79. The van der Waals surface area contributed by atoms with E-state index in [1.165, 1.54) is 4.68 Å². The molecular weight excluding hydrogens is 392 g/mol. The van der Waals surface area contributed by atoms with Crippen molar-refractivity contribution in [3.63, 3.8) is 0 Å². The minimum atomic E-state index is -0.533. The van der Waals surface area contributed by atoms with Gasteiger partial charge in [-0.2, -0.15) is 0 Å². The van der Waals surface area contributed by atoms with Gasteiger partial charge in [0.05, 0.1) is 11.6 Å². The maximum Gasteiger partial charge on any atom is 0.287 e. The molecular formula is C21H19ClN4O3. The Bertz CT molecular complexity index is 1370. The Hall–Kier alpha value is -3.19. The van der Waals surface area contributed by atoms with Crippen LogP contribution in [0.25, 0.3) is 21.8 Å². The summed E-state index contributed by atoms with van der Waals surface area (Å²) in [5.41, 5.74) is -0.345. The zero-order valence-corrected chi connectivity index (χ0v) is 16.5. The van der Waals surface area contributed by atoms with Crippen molar-refractivity contribution in [2.75, 3.05) is 0 Å². The molecule has 0 saturated carbocycles. The van der Waals surface area contributed by atoms with Crippen LogP contribution in [0, 0.1) is 0 Å². The lowest BCUT2D eigenvalue weighted by atomic mass is 10.0. The van der Waals surface area contributed by atoms with Crippen LogP contribution in [-0.4, -0.2) is 19.7 Å². The summed E-state index contributed by atoms with van der Waals surface area (Å²) in [5, 5.41) is 3.24. The highest BCUT2D eigenvalue weighted by atomic mass is 35.5. The van der Waals surface area contributed by atoms with Crippen molar-refractivity contribution in [2.45, 2.75) is 32.2 Å². The first kappa shape index (κ1) is 19.1. The summed E-state index contributed by atoms with van der Waals surface area (Å²) in [4.78, 5) is 46.1. The second-order valence-electron chi connectivity index (χ2n) is 6.95. The third kappa shape index (κ3) is 3.38. The van der Waals surface area contributed by atoms with Crippen LogP contribution in [0.4, 0.5) is 0 Å². The molecule has 1 unspecified atom stereocenters. The summed E-state index contributed by atoms with van der Waals surface area (Å²) in [7, 11) is 0. The molecule has 29 heavy (non-hydrogen) atoms. The van der Waals surface area contributed by atoms with Crippen molar-refractivity contribution in [1.82, 2.24) is 19.7 Å². The highest BCUT2D eigenvalue weighted by Crippen LogP contribution is 2.22. The quantitative estimate of drug-likeness (QED) is 0.492. The lowest BCUT2D eigenvalue weighted by Gasteiger charge is -2.20. The van der Waals surface area contributed by atoms with E-state index in [9.17, 15) is 14.4 Å². The summed E-state index contributed by atoms with van der Waals surface area (Å²) in [6.07, 6.45) is 5.71. The number of nitrogens with one attached hydrogen (secondary N) is 2. The van der Waals surface area contributed by atoms with Gasteiger partial charge in [-0.3, -0.25) is 24.5 Å². The summed E-state index contributed by atoms with van der Waals surface area (Å²) in [6.45, 7) is 2.05. The standard InChI is InChI=1S/C21H19ClN4O3/c1-2-3-4-16(12-7-9-23-10-8-12)26-21(29)17-18(20(28)25-26)24-15-11-13(22)5-6-14(15)19(17)27/h5-11,16H,2-4H2,1H3,(H,24,27)(H,25,28). The molecule has 0 saturated heterocycles. The molecule has 3 aromatic heterocycles. The van der Waals surface area contributed by atoms with E-state index in [1.807, 2.05) is 12.1 Å². The summed E-state index contributed by atoms with van der Waals surface area (Å²) >= 11 is 6.00. The summed E-state index contributed by atoms with van der Waals surface area (Å²) in [5.74, 6) is 0. The number of hydrogen-bond acceptors (Lipinski definition) is 4. The number of halogens is 1. The SMILES string of the molecule is CCCCC(c1ccncc1)n1[nH]c(=O)c2[nH]c3cc(Cl)ccc3c(=O)c2c1=O. The van der Waals surface area contributed by atoms with Gasteiger partial charge in [0.1, 0.15) is 10.9 Å². The zero-order valence-electron chi connectivity index (χ0n) is 15.7. The van der Waals surface area contributed by atoms with E-state index >= 15 is 0 Å². The average molecular weight is 411 g/mol. The number of pyridine rings is 2. The predicted molar refractivity (Wildman–Crippen MR) is 114 cm³/mol. The maximum absolute atomic E-state index is 13.3. The van der Waals surface area contributed by atoms with E-state index in [0.29, 0.717) is 22.3 Å². The molecule has 4 rings (SSSR count). The number of aromatic nitrogens is 4. The van der Waals surface area contributed by atoms with E-state index in [-0.39, 0.29) is 10.9 Å². The van der Waals surface area contributed by atoms with Gasteiger partial charge < -0.3 is 4.98 Å². The summed E-state index contributed by atoms with van der Waals surface area (Å²) in [6, 6.07) is 7.91. The number of fused-ring (bicyclic) bond motifs is 2. The van der Waals surface area contributed by atoms with Gasteiger partial charge in [-0.05, 0) is 42.3 Å². The Morgan fingerprint density at radius 3 is 2.62 bits per heavy atom. The summed E-state index contributed by atoms with van der Waals surface area (Å²) < 4.78 is 1.27. The molecule has 1 atom stereocenters. The van der Waals surface area contributed by atoms with Gasteiger partial charge in [0.2, 0.25) is 5.43 Å². The van der Waals surface area contributed by atoms with Crippen LogP contribution in [0.3, 0.4) is 0 Å². The van der Waals surface area contributed by atoms with Crippen molar-refractivity contribution in [3.8, 4) is 0 Å². The lowest BCUT2D eigenvalue weighted by molar-refractivity contribution is 0.450. The van der Waals surface area contributed by atoms with Gasteiger partial charge in [-0.25, -0.2) is 4.68 Å². The molecule has 0 aliphatic heterocycles. The topological polar surface area (TPSA) is 101 Å². The Balaban J connectivity index is 2.04. The number of hydrogen-bond donors (Lipinski definition) is 2. The fraction of sp³-hybridized carbons (Fsp3) is 0.238. The minimum Gasteiger partial charge on any atom is -0.350 e. The fourth-order valence-electron chi connectivity index (χ4n) is 3.62. The highest BCUT2D eigenvalue weighted by molar-refractivity contribution is 6.31. The van der Waals surface area contributed by atoms with Gasteiger partial charge in [0, 0.05) is 22.8 Å². The lowest BCUT2D eigenvalue weighted by Crippen LogP contribution is -2.36. The molecule has 0 aliphatic rings. The van der Waals surface area contributed by atoms with Gasteiger partial charge >= 0.3 is 0 Å². The van der Waals surface area contributed by atoms with E-state index in [0.717, 1.165) is 18.4 Å². The molecule has 4 aromatic rings. The highest BCUT2D eigenvalue weighted by Gasteiger charge is 2.20.